The van der Waals surface area contributed by atoms with E-state index in [4.69, 9.17) is 16.3 Å². The van der Waals surface area contributed by atoms with Crippen LogP contribution in [0.15, 0.2) is 53.6 Å². The quantitative estimate of drug-likeness (QED) is 0.552. The Labute approximate surface area is 159 Å². The van der Waals surface area contributed by atoms with Crippen LogP contribution in [0.2, 0.25) is 5.02 Å². The molecule has 2 aromatic carbocycles. The van der Waals surface area contributed by atoms with E-state index in [2.05, 4.69) is 24.4 Å². The number of hydrazone groups is 1. The largest absolute Gasteiger partial charge is 0.483 e. The minimum absolute atomic E-state index is 0.0886. The molecule has 1 amide bonds. The molecule has 0 aliphatic heterocycles. The number of aryl methyl sites for hydroxylation is 1. The maximum Gasteiger partial charge on any atom is 0.277 e. The van der Waals surface area contributed by atoms with Crippen molar-refractivity contribution in [2.75, 3.05) is 6.61 Å². The molecule has 0 fully saturated rings. The Morgan fingerprint density at radius 2 is 2.04 bits per heavy atom. The third-order valence-corrected chi connectivity index (χ3v) is 4.02. The fraction of sp³-hybridized carbons (Fsp3) is 0.238. The van der Waals surface area contributed by atoms with E-state index >= 15 is 0 Å². The summed E-state index contributed by atoms with van der Waals surface area (Å²) in [6.07, 6.45) is 5.02. The Bertz CT molecular complexity index is 813. The number of allylic oxidation sites excluding steroid dienone is 1. The third kappa shape index (κ3) is 6.05. The first-order chi connectivity index (χ1) is 12.5. The van der Waals surface area contributed by atoms with E-state index in [0.29, 0.717) is 10.9 Å². The van der Waals surface area contributed by atoms with Crippen LogP contribution in [0.4, 0.5) is 0 Å². The summed E-state index contributed by atoms with van der Waals surface area (Å²) in [5, 5.41) is 4.53. The molecular weight excluding hydrogens is 348 g/mol. The molecule has 0 bridgehead atoms. The van der Waals surface area contributed by atoms with Crippen LogP contribution in [-0.2, 0) is 4.79 Å². The van der Waals surface area contributed by atoms with Crippen molar-refractivity contribution in [3.63, 3.8) is 0 Å². The van der Waals surface area contributed by atoms with Gasteiger partial charge in [-0.25, -0.2) is 5.43 Å². The molecule has 4 nitrogen and oxygen atoms in total. The molecule has 0 aromatic heterocycles. The van der Waals surface area contributed by atoms with Crippen molar-refractivity contribution >= 4 is 29.8 Å². The molecule has 0 heterocycles. The summed E-state index contributed by atoms with van der Waals surface area (Å²) in [4.78, 5) is 11.9. The van der Waals surface area contributed by atoms with Gasteiger partial charge < -0.3 is 4.74 Å². The van der Waals surface area contributed by atoms with Gasteiger partial charge >= 0.3 is 0 Å². The molecule has 0 atom stereocenters. The van der Waals surface area contributed by atoms with Crippen LogP contribution < -0.4 is 10.2 Å². The van der Waals surface area contributed by atoms with Crippen LogP contribution >= 0.6 is 11.6 Å². The predicted molar refractivity (Wildman–Crippen MR) is 108 cm³/mol. The zero-order valence-corrected chi connectivity index (χ0v) is 16.0. The minimum Gasteiger partial charge on any atom is -0.483 e. The van der Waals surface area contributed by atoms with E-state index < -0.39 is 0 Å². The number of amides is 1. The van der Waals surface area contributed by atoms with Crippen LogP contribution in [0.1, 0.15) is 36.5 Å². The number of ether oxygens (including phenoxy) is 1. The van der Waals surface area contributed by atoms with Crippen molar-refractivity contribution in [3.05, 3.63) is 70.3 Å². The van der Waals surface area contributed by atoms with Gasteiger partial charge in [0.25, 0.3) is 5.91 Å². The average molecular weight is 371 g/mol. The first-order valence-corrected chi connectivity index (χ1v) is 8.81. The van der Waals surface area contributed by atoms with E-state index in [1.165, 1.54) is 6.21 Å². The maximum atomic E-state index is 11.9. The van der Waals surface area contributed by atoms with Crippen LogP contribution in [-0.4, -0.2) is 18.7 Å². The monoisotopic (exact) mass is 370 g/mol. The molecule has 1 N–H and O–H groups in total. The molecule has 0 unspecified atom stereocenters. The minimum atomic E-state index is -0.316. The van der Waals surface area contributed by atoms with Crippen LogP contribution in [0.5, 0.6) is 5.75 Å². The lowest BCUT2D eigenvalue weighted by molar-refractivity contribution is -0.123. The highest BCUT2D eigenvalue weighted by molar-refractivity contribution is 6.32. The van der Waals surface area contributed by atoms with Crippen LogP contribution in [0.25, 0.3) is 6.08 Å². The number of hydrogen-bond donors (Lipinski definition) is 1. The normalized spacial score (nSPS) is 11.4. The fourth-order valence-corrected chi connectivity index (χ4v) is 2.53. The molecule has 0 saturated heterocycles. The molecular formula is C21H23ClN2O2. The molecule has 136 valence electrons. The van der Waals surface area contributed by atoms with Gasteiger partial charge in [0.15, 0.2) is 6.61 Å². The average Bonchev–Trinajstić information content (AvgIpc) is 2.61. The molecule has 0 saturated carbocycles. The summed E-state index contributed by atoms with van der Waals surface area (Å²) in [7, 11) is 0. The Hall–Kier alpha value is -2.59. The molecule has 26 heavy (non-hydrogen) atoms. The first-order valence-electron chi connectivity index (χ1n) is 8.44. The summed E-state index contributed by atoms with van der Waals surface area (Å²) >= 11 is 6.05. The highest BCUT2D eigenvalue weighted by atomic mass is 35.5. The van der Waals surface area contributed by atoms with Crippen molar-refractivity contribution in [2.45, 2.75) is 26.7 Å². The predicted octanol–water partition coefficient (Wildman–Crippen LogP) is 4.97. The van der Waals surface area contributed by atoms with Crippen molar-refractivity contribution in [1.82, 2.24) is 5.43 Å². The van der Waals surface area contributed by atoms with Gasteiger partial charge in [0.05, 0.1) is 0 Å². The van der Waals surface area contributed by atoms with Gasteiger partial charge in [0, 0.05) is 11.2 Å². The van der Waals surface area contributed by atoms with E-state index in [0.717, 1.165) is 22.4 Å². The van der Waals surface area contributed by atoms with Crippen molar-refractivity contribution < 1.29 is 9.53 Å². The summed E-state index contributed by atoms with van der Waals surface area (Å²) in [6, 6.07) is 13.5. The zero-order chi connectivity index (χ0) is 18.9. The second-order valence-electron chi connectivity index (χ2n) is 6.18. The summed E-state index contributed by atoms with van der Waals surface area (Å²) in [6.45, 7) is 6.09. The van der Waals surface area contributed by atoms with Gasteiger partial charge in [-0.1, -0.05) is 61.9 Å². The topological polar surface area (TPSA) is 50.7 Å². The number of nitrogens with zero attached hydrogens (tertiary/aromatic N) is 1. The second kappa shape index (κ2) is 9.78. The smallest absolute Gasteiger partial charge is 0.277 e. The summed E-state index contributed by atoms with van der Waals surface area (Å²) in [5.74, 6) is 0.739. The van der Waals surface area contributed by atoms with Gasteiger partial charge in [-0.3, -0.25) is 4.79 Å². The van der Waals surface area contributed by atoms with Crippen LogP contribution in [0.3, 0.4) is 0 Å². The number of hydrogen-bond acceptors (Lipinski definition) is 3. The molecule has 5 heteroatoms. The zero-order valence-electron chi connectivity index (χ0n) is 15.2. The molecule has 0 aliphatic carbocycles. The Morgan fingerprint density at radius 3 is 2.77 bits per heavy atom. The van der Waals surface area contributed by atoms with Gasteiger partial charge in [0.1, 0.15) is 5.75 Å². The van der Waals surface area contributed by atoms with Gasteiger partial charge in [-0.15, -0.1) is 0 Å². The van der Waals surface area contributed by atoms with E-state index in [9.17, 15) is 4.79 Å². The Kier molecular flexibility index (Phi) is 7.42. The molecule has 0 aliphatic rings. The van der Waals surface area contributed by atoms with Gasteiger partial charge in [0.2, 0.25) is 0 Å². The lowest BCUT2D eigenvalue weighted by Crippen LogP contribution is -2.24. The lowest BCUT2D eigenvalue weighted by atomic mass is 10.0. The van der Waals surface area contributed by atoms with Crippen molar-refractivity contribution in [1.29, 1.82) is 0 Å². The molecule has 0 spiro atoms. The fourth-order valence-electron chi connectivity index (χ4n) is 2.33. The summed E-state index contributed by atoms with van der Waals surface area (Å²) < 4.78 is 5.66. The number of rotatable bonds is 7. The summed E-state index contributed by atoms with van der Waals surface area (Å²) in [5.41, 5.74) is 5.49. The highest BCUT2D eigenvalue weighted by Crippen LogP contribution is 2.27. The number of nitrogens with one attached hydrogen (secondary N) is 1. The maximum absolute atomic E-state index is 11.9. The number of halogens is 1. The molecule has 2 rings (SSSR count). The van der Waals surface area contributed by atoms with E-state index in [1.807, 2.05) is 55.5 Å². The first kappa shape index (κ1) is 19.7. The third-order valence-electron chi connectivity index (χ3n) is 3.68. The Balaban J connectivity index is 1.84. The number of carbonyl (C=O) groups is 1. The van der Waals surface area contributed by atoms with Gasteiger partial charge in [-0.2, -0.15) is 5.10 Å². The highest BCUT2D eigenvalue weighted by Gasteiger charge is 2.09. The number of benzene rings is 2. The standard InChI is InChI=1S/C21H23ClN2O2/c1-15(2)18-11-10-16(3)13-20(18)26-14-21(25)24-23-12-6-8-17-7-4-5-9-19(17)22/h4-13,15H,14H2,1-3H3,(H,24,25)/b8-6+,23-12-. The van der Waals surface area contributed by atoms with E-state index in [1.54, 1.807) is 6.08 Å². The van der Waals surface area contributed by atoms with Crippen molar-refractivity contribution in [3.8, 4) is 5.75 Å². The van der Waals surface area contributed by atoms with E-state index in [-0.39, 0.29) is 12.5 Å². The van der Waals surface area contributed by atoms with Crippen molar-refractivity contribution in [2.24, 2.45) is 5.10 Å². The second-order valence-corrected chi connectivity index (χ2v) is 6.59. The van der Waals surface area contributed by atoms with Crippen LogP contribution in [0, 0.1) is 6.92 Å². The lowest BCUT2D eigenvalue weighted by Gasteiger charge is -2.14. The van der Waals surface area contributed by atoms with Gasteiger partial charge in [-0.05, 0) is 47.7 Å². The Morgan fingerprint density at radius 1 is 1.27 bits per heavy atom. The molecule has 2 aromatic rings. The SMILES string of the molecule is Cc1ccc(C(C)C)c(OCC(=O)N/N=C\C=C\c2ccccc2Cl)c1. The number of carbonyl (C=O) groups excluding carboxylic acids is 1. The molecule has 0 radical (unpaired) electrons.